The molecule has 0 saturated carbocycles. The minimum absolute atomic E-state index is 0.507. The fourth-order valence-corrected chi connectivity index (χ4v) is 2.93. The number of hydrogen-bond acceptors (Lipinski definition) is 1. The monoisotopic (exact) mass is 278 g/mol. The normalized spacial score (nSPS) is 21.4. The summed E-state index contributed by atoms with van der Waals surface area (Å²) >= 11 is 3.59. The Morgan fingerprint density at radius 3 is 2.94 bits per heavy atom. The molecule has 0 bridgehead atoms. The zero-order valence-corrected chi connectivity index (χ0v) is 10.7. The highest BCUT2D eigenvalue weighted by Gasteiger charge is 2.16. The van der Waals surface area contributed by atoms with E-state index < -0.39 is 0 Å². The largest absolute Gasteiger partial charge is 0.357 e. The van der Waals surface area contributed by atoms with Crippen molar-refractivity contribution in [3.05, 3.63) is 34.4 Å². The molecule has 2 N–H and O–H groups in total. The summed E-state index contributed by atoms with van der Waals surface area (Å²) in [6.07, 6.45) is 3.87. The lowest BCUT2D eigenvalue weighted by molar-refractivity contribution is 0.407. The van der Waals surface area contributed by atoms with Gasteiger partial charge < -0.3 is 10.3 Å². The SMILES string of the molecule is Brc1cccc2[nH]c(C3CCCCN3)cc12. The third-order valence-electron chi connectivity index (χ3n) is 3.32. The highest BCUT2D eigenvalue weighted by atomic mass is 79.9. The molecule has 2 heterocycles. The molecular weight excluding hydrogens is 264 g/mol. The quantitative estimate of drug-likeness (QED) is 0.817. The van der Waals surface area contributed by atoms with Crippen LogP contribution in [0.2, 0.25) is 0 Å². The van der Waals surface area contributed by atoms with Crippen molar-refractivity contribution >= 4 is 26.8 Å². The molecule has 1 aliphatic heterocycles. The number of rotatable bonds is 1. The molecule has 1 fully saturated rings. The van der Waals surface area contributed by atoms with Crippen molar-refractivity contribution in [2.45, 2.75) is 25.3 Å². The third kappa shape index (κ3) is 1.78. The smallest absolute Gasteiger partial charge is 0.0473 e. The van der Waals surface area contributed by atoms with Crippen LogP contribution in [0.3, 0.4) is 0 Å². The van der Waals surface area contributed by atoms with E-state index in [1.54, 1.807) is 0 Å². The van der Waals surface area contributed by atoms with Crippen LogP contribution in [0.5, 0.6) is 0 Å². The van der Waals surface area contributed by atoms with E-state index in [0.717, 1.165) is 6.54 Å². The van der Waals surface area contributed by atoms with Crippen LogP contribution in [-0.2, 0) is 0 Å². The molecule has 2 aromatic rings. The van der Waals surface area contributed by atoms with E-state index in [1.165, 1.54) is 40.3 Å². The predicted molar refractivity (Wildman–Crippen MR) is 70.6 cm³/mol. The van der Waals surface area contributed by atoms with Crippen LogP contribution in [0.25, 0.3) is 10.9 Å². The van der Waals surface area contributed by atoms with Gasteiger partial charge in [-0.1, -0.05) is 28.4 Å². The number of benzene rings is 1. The Hall–Kier alpha value is -0.800. The number of nitrogens with one attached hydrogen (secondary N) is 2. The van der Waals surface area contributed by atoms with Gasteiger partial charge in [-0.25, -0.2) is 0 Å². The summed E-state index contributed by atoms with van der Waals surface area (Å²) in [7, 11) is 0. The average Bonchev–Trinajstić information content (AvgIpc) is 2.76. The first-order chi connectivity index (χ1) is 7.84. The Balaban J connectivity index is 2.01. The Kier molecular flexibility index (Phi) is 2.74. The van der Waals surface area contributed by atoms with E-state index in [2.05, 4.69) is 50.5 Å². The third-order valence-corrected chi connectivity index (χ3v) is 4.01. The molecule has 1 aromatic heterocycles. The zero-order chi connectivity index (χ0) is 11.0. The molecule has 0 radical (unpaired) electrons. The van der Waals surface area contributed by atoms with Gasteiger partial charge in [0.15, 0.2) is 0 Å². The number of halogens is 1. The summed E-state index contributed by atoms with van der Waals surface area (Å²) in [5.41, 5.74) is 2.54. The number of hydrogen-bond donors (Lipinski definition) is 2. The topological polar surface area (TPSA) is 27.8 Å². The van der Waals surface area contributed by atoms with Crippen LogP contribution < -0.4 is 5.32 Å². The molecule has 1 saturated heterocycles. The lowest BCUT2D eigenvalue weighted by Crippen LogP contribution is -2.26. The second-order valence-electron chi connectivity index (χ2n) is 4.43. The van der Waals surface area contributed by atoms with Crippen molar-refractivity contribution < 1.29 is 0 Å². The minimum atomic E-state index is 0.507. The van der Waals surface area contributed by atoms with Crippen molar-refractivity contribution in [3.63, 3.8) is 0 Å². The number of aromatic amines is 1. The number of aromatic nitrogens is 1. The van der Waals surface area contributed by atoms with E-state index in [4.69, 9.17) is 0 Å². The van der Waals surface area contributed by atoms with Crippen LogP contribution in [0.1, 0.15) is 31.0 Å². The summed E-state index contributed by atoms with van der Waals surface area (Å²) in [6.45, 7) is 1.14. The average molecular weight is 279 g/mol. The van der Waals surface area contributed by atoms with Crippen molar-refractivity contribution in [2.75, 3.05) is 6.54 Å². The highest BCUT2D eigenvalue weighted by Crippen LogP contribution is 2.29. The summed E-state index contributed by atoms with van der Waals surface area (Å²) < 4.78 is 1.17. The van der Waals surface area contributed by atoms with Crippen molar-refractivity contribution in [1.29, 1.82) is 0 Å². The molecule has 0 spiro atoms. The van der Waals surface area contributed by atoms with E-state index >= 15 is 0 Å². The van der Waals surface area contributed by atoms with Gasteiger partial charge >= 0.3 is 0 Å². The first-order valence-corrected chi connectivity index (χ1v) is 6.64. The second-order valence-corrected chi connectivity index (χ2v) is 5.28. The molecule has 16 heavy (non-hydrogen) atoms. The molecule has 2 nitrogen and oxygen atoms in total. The fraction of sp³-hybridized carbons (Fsp3) is 0.385. The molecule has 1 aromatic carbocycles. The summed E-state index contributed by atoms with van der Waals surface area (Å²) in [5.74, 6) is 0. The van der Waals surface area contributed by atoms with Gasteiger partial charge in [-0.15, -0.1) is 0 Å². The standard InChI is InChI=1S/C13H15BrN2/c14-10-4-3-6-11-9(10)8-13(16-11)12-5-1-2-7-15-12/h3-4,6,8,12,15-16H,1-2,5,7H2. The number of piperidine rings is 1. The Bertz CT molecular complexity index is 498. The van der Waals surface area contributed by atoms with E-state index in [-0.39, 0.29) is 0 Å². The fourth-order valence-electron chi connectivity index (χ4n) is 2.44. The Morgan fingerprint density at radius 1 is 1.25 bits per heavy atom. The highest BCUT2D eigenvalue weighted by molar-refractivity contribution is 9.10. The molecule has 3 heteroatoms. The van der Waals surface area contributed by atoms with Crippen LogP contribution >= 0.6 is 15.9 Å². The maximum absolute atomic E-state index is 3.59. The molecule has 1 atom stereocenters. The maximum Gasteiger partial charge on any atom is 0.0473 e. The lowest BCUT2D eigenvalue weighted by Gasteiger charge is -2.22. The van der Waals surface area contributed by atoms with Crippen molar-refractivity contribution in [3.8, 4) is 0 Å². The van der Waals surface area contributed by atoms with E-state index in [1.807, 2.05) is 0 Å². The van der Waals surface area contributed by atoms with E-state index in [0.29, 0.717) is 6.04 Å². The van der Waals surface area contributed by atoms with Gasteiger partial charge in [-0.2, -0.15) is 0 Å². The first-order valence-electron chi connectivity index (χ1n) is 5.85. The summed E-state index contributed by atoms with van der Waals surface area (Å²) in [4.78, 5) is 3.51. The van der Waals surface area contributed by atoms with Gasteiger partial charge in [0.25, 0.3) is 0 Å². The predicted octanol–water partition coefficient (Wildman–Crippen LogP) is 3.75. The second kappa shape index (κ2) is 4.22. The van der Waals surface area contributed by atoms with Crippen molar-refractivity contribution in [2.24, 2.45) is 0 Å². The molecule has 0 amide bonds. The molecular formula is C13H15BrN2. The number of H-pyrrole nitrogens is 1. The number of fused-ring (bicyclic) bond motifs is 1. The lowest BCUT2D eigenvalue weighted by atomic mass is 10.0. The molecule has 0 aliphatic carbocycles. The van der Waals surface area contributed by atoms with Gasteiger partial charge in [-0.3, -0.25) is 0 Å². The van der Waals surface area contributed by atoms with E-state index in [9.17, 15) is 0 Å². The van der Waals surface area contributed by atoms with Gasteiger partial charge in [-0.05, 0) is 37.6 Å². The van der Waals surface area contributed by atoms with Gasteiger partial charge in [0.2, 0.25) is 0 Å². The minimum Gasteiger partial charge on any atom is -0.357 e. The van der Waals surface area contributed by atoms with Crippen LogP contribution in [0.15, 0.2) is 28.7 Å². The van der Waals surface area contributed by atoms with Gasteiger partial charge in [0, 0.05) is 27.1 Å². The van der Waals surface area contributed by atoms with Gasteiger partial charge in [0.1, 0.15) is 0 Å². The summed E-state index contributed by atoms with van der Waals surface area (Å²) in [5, 5.41) is 4.85. The Labute approximate surface area is 104 Å². The maximum atomic E-state index is 3.59. The van der Waals surface area contributed by atoms with Crippen molar-refractivity contribution in [1.82, 2.24) is 10.3 Å². The van der Waals surface area contributed by atoms with Crippen LogP contribution in [0.4, 0.5) is 0 Å². The van der Waals surface area contributed by atoms with Gasteiger partial charge in [0.05, 0.1) is 0 Å². The molecule has 1 unspecified atom stereocenters. The molecule has 1 aliphatic rings. The van der Waals surface area contributed by atoms with Crippen LogP contribution in [-0.4, -0.2) is 11.5 Å². The zero-order valence-electron chi connectivity index (χ0n) is 9.09. The Morgan fingerprint density at radius 2 is 2.19 bits per heavy atom. The molecule has 3 rings (SSSR count). The first kappa shape index (κ1) is 10.4. The molecule has 84 valence electrons. The van der Waals surface area contributed by atoms with Crippen LogP contribution in [0, 0.1) is 0 Å². The summed E-state index contributed by atoms with van der Waals surface area (Å²) in [6, 6.07) is 9.07.